The minimum absolute atomic E-state index is 0.148. The first-order chi connectivity index (χ1) is 9.10. The van der Waals surface area contributed by atoms with Crippen molar-refractivity contribution in [2.75, 3.05) is 25.2 Å². The summed E-state index contributed by atoms with van der Waals surface area (Å²) in [5.41, 5.74) is -0.517. The Kier molecular flexibility index (Phi) is 11.5. The van der Waals surface area contributed by atoms with Gasteiger partial charge in [-0.1, -0.05) is 33.1 Å². The highest BCUT2D eigenvalue weighted by Crippen LogP contribution is 2.17. The second-order valence-corrected chi connectivity index (χ2v) is 6.36. The third-order valence-electron chi connectivity index (χ3n) is 3.31. The molecule has 3 nitrogen and oxygen atoms in total. The second kappa shape index (κ2) is 11.6. The number of hydrogen-bond acceptors (Lipinski definition) is 4. The van der Waals surface area contributed by atoms with E-state index in [1.54, 1.807) is 0 Å². The van der Waals surface area contributed by atoms with Crippen molar-refractivity contribution in [3.63, 3.8) is 0 Å². The maximum atomic E-state index is 11.8. The van der Waals surface area contributed by atoms with Crippen LogP contribution >= 0.6 is 11.8 Å². The molecule has 0 fully saturated rings. The van der Waals surface area contributed by atoms with Crippen LogP contribution in [-0.4, -0.2) is 36.7 Å². The topological polar surface area (TPSA) is 38.3 Å². The number of likely N-dealkylation sites (N-methyl/N-ethyl adjacent to an activating group) is 1. The maximum Gasteiger partial charge on any atom is 0.325 e. The number of methoxy groups -OCH3 is 1. The summed E-state index contributed by atoms with van der Waals surface area (Å²) >= 11 is 2.03. The summed E-state index contributed by atoms with van der Waals surface area (Å²) < 4.78 is 4.88. The summed E-state index contributed by atoms with van der Waals surface area (Å²) in [6.07, 6.45) is 7.06. The van der Waals surface area contributed by atoms with Crippen molar-refractivity contribution in [2.45, 2.75) is 64.8 Å². The summed E-state index contributed by atoms with van der Waals surface area (Å²) in [6, 6.07) is 0. The van der Waals surface area contributed by atoms with Crippen LogP contribution in [0, 0.1) is 0 Å². The van der Waals surface area contributed by atoms with Gasteiger partial charge in [0.25, 0.3) is 0 Å². The molecule has 0 aromatic heterocycles. The highest BCUT2D eigenvalue weighted by molar-refractivity contribution is 7.99. The van der Waals surface area contributed by atoms with Crippen molar-refractivity contribution in [1.29, 1.82) is 0 Å². The summed E-state index contributed by atoms with van der Waals surface area (Å²) in [6.45, 7) is 6.98. The highest BCUT2D eigenvalue weighted by atomic mass is 32.2. The summed E-state index contributed by atoms with van der Waals surface area (Å²) in [4.78, 5) is 11.8. The SMILES string of the molecule is CCCCCSCCCCC(C)(NCC)C(=O)OC. The van der Waals surface area contributed by atoms with Crippen LogP contribution in [0.2, 0.25) is 0 Å². The lowest BCUT2D eigenvalue weighted by molar-refractivity contribution is -0.148. The summed E-state index contributed by atoms with van der Waals surface area (Å²) in [5.74, 6) is 2.33. The number of thioether (sulfide) groups is 1. The minimum Gasteiger partial charge on any atom is -0.468 e. The number of rotatable bonds is 12. The molecule has 0 radical (unpaired) electrons. The van der Waals surface area contributed by atoms with Gasteiger partial charge in [-0.25, -0.2) is 0 Å². The van der Waals surface area contributed by atoms with Crippen molar-refractivity contribution in [3.05, 3.63) is 0 Å². The monoisotopic (exact) mass is 289 g/mol. The molecule has 1 atom stereocenters. The Balaban J connectivity index is 3.73. The summed E-state index contributed by atoms with van der Waals surface area (Å²) in [5, 5.41) is 3.25. The van der Waals surface area contributed by atoms with E-state index in [2.05, 4.69) is 12.2 Å². The van der Waals surface area contributed by atoms with E-state index < -0.39 is 5.54 Å². The fourth-order valence-electron chi connectivity index (χ4n) is 2.12. The number of nitrogens with one attached hydrogen (secondary N) is 1. The maximum absolute atomic E-state index is 11.8. The van der Waals surface area contributed by atoms with Crippen LogP contribution in [0.25, 0.3) is 0 Å². The Morgan fingerprint density at radius 1 is 1.16 bits per heavy atom. The van der Waals surface area contributed by atoms with Crippen LogP contribution in [0.4, 0.5) is 0 Å². The zero-order valence-electron chi connectivity index (χ0n) is 13.1. The van der Waals surface area contributed by atoms with Gasteiger partial charge in [-0.3, -0.25) is 4.79 Å². The van der Waals surface area contributed by atoms with E-state index in [0.717, 1.165) is 19.4 Å². The Hall–Kier alpha value is -0.220. The van der Waals surface area contributed by atoms with Crippen LogP contribution in [0.5, 0.6) is 0 Å². The molecule has 0 heterocycles. The normalized spacial score (nSPS) is 14.1. The molecule has 0 aromatic rings. The number of esters is 1. The van der Waals surface area contributed by atoms with Gasteiger partial charge in [0.15, 0.2) is 0 Å². The van der Waals surface area contributed by atoms with E-state index >= 15 is 0 Å². The first kappa shape index (κ1) is 18.8. The van der Waals surface area contributed by atoms with E-state index in [-0.39, 0.29) is 5.97 Å². The van der Waals surface area contributed by atoms with Crippen molar-refractivity contribution in [3.8, 4) is 0 Å². The van der Waals surface area contributed by atoms with Crippen LogP contribution < -0.4 is 5.32 Å². The molecule has 0 saturated heterocycles. The molecule has 1 N–H and O–H groups in total. The molecular weight excluding hydrogens is 258 g/mol. The first-order valence-electron chi connectivity index (χ1n) is 7.52. The molecule has 114 valence electrons. The number of carbonyl (C=O) groups is 1. The molecule has 0 bridgehead atoms. The lowest BCUT2D eigenvalue weighted by atomic mass is 9.95. The van der Waals surface area contributed by atoms with Crippen molar-refractivity contribution < 1.29 is 9.53 Å². The lowest BCUT2D eigenvalue weighted by Crippen LogP contribution is -2.50. The van der Waals surface area contributed by atoms with Gasteiger partial charge in [0.1, 0.15) is 5.54 Å². The predicted molar refractivity (Wildman–Crippen MR) is 84.8 cm³/mol. The molecular formula is C15H31NO2S. The van der Waals surface area contributed by atoms with Crippen molar-refractivity contribution in [1.82, 2.24) is 5.32 Å². The Bertz CT molecular complexity index is 236. The minimum atomic E-state index is -0.517. The van der Waals surface area contributed by atoms with E-state index in [0.29, 0.717) is 0 Å². The molecule has 19 heavy (non-hydrogen) atoms. The van der Waals surface area contributed by atoms with Crippen molar-refractivity contribution >= 4 is 17.7 Å². The molecule has 0 aliphatic rings. The molecule has 0 aliphatic heterocycles. The predicted octanol–water partition coefficient (Wildman–Crippen LogP) is 3.62. The quantitative estimate of drug-likeness (QED) is 0.440. The van der Waals surface area contributed by atoms with Crippen LogP contribution in [0.3, 0.4) is 0 Å². The zero-order chi connectivity index (χ0) is 14.6. The fraction of sp³-hybridized carbons (Fsp3) is 0.933. The van der Waals surface area contributed by atoms with E-state index in [4.69, 9.17) is 4.74 Å². The van der Waals surface area contributed by atoms with E-state index in [9.17, 15) is 4.79 Å². The Morgan fingerprint density at radius 2 is 1.79 bits per heavy atom. The molecule has 0 aromatic carbocycles. The van der Waals surface area contributed by atoms with Crippen molar-refractivity contribution in [2.24, 2.45) is 0 Å². The number of unbranched alkanes of at least 4 members (excludes halogenated alkanes) is 3. The Labute approximate surface area is 123 Å². The second-order valence-electron chi connectivity index (χ2n) is 5.13. The number of ether oxygens (including phenoxy) is 1. The van der Waals surface area contributed by atoms with Gasteiger partial charge in [-0.05, 0) is 44.2 Å². The molecule has 0 aliphatic carbocycles. The van der Waals surface area contributed by atoms with Crippen LogP contribution in [-0.2, 0) is 9.53 Å². The standard InChI is InChI=1S/C15H31NO2S/c1-5-7-9-12-19-13-10-8-11-15(3,16-6-2)14(17)18-4/h16H,5-13H2,1-4H3. The van der Waals surface area contributed by atoms with Crippen LogP contribution in [0.15, 0.2) is 0 Å². The molecule has 1 unspecified atom stereocenters. The smallest absolute Gasteiger partial charge is 0.325 e. The third-order valence-corrected chi connectivity index (χ3v) is 4.47. The fourth-order valence-corrected chi connectivity index (χ4v) is 3.14. The van der Waals surface area contributed by atoms with Gasteiger partial charge >= 0.3 is 5.97 Å². The molecule has 0 spiro atoms. The number of carbonyl (C=O) groups excluding carboxylic acids is 1. The lowest BCUT2D eigenvalue weighted by Gasteiger charge is -2.27. The Morgan fingerprint density at radius 3 is 2.32 bits per heavy atom. The van der Waals surface area contributed by atoms with Gasteiger partial charge in [-0.15, -0.1) is 0 Å². The van der Waals surface area contributed by atoms with Gasteiger partial charge in [0.05, 0.1) is 7.11 Å². The highest BCUT2D eigenvalue weighted by Gasteiger charge is 2.32. The molecule has 0 amide bonds. The third kappa shape index (κ3) is 8.53. The van der Waals surface area contributed by atoms with Gasteiger partial charge in [0, 0.05) is 0 Å². The van der Waals surface area contributed by atoms with Gasteiger partial charge in [0.2, 0.25) is 0 Å². The average molecular weight is 289 g/mol. The van der Waals surface area contributed by atoms with Gasteiger partial charge < -0.3 is 10.1 Å². The molecule has 4 heteroatoms. The van der Waals surface area contributed by atoms with E-state index in [1.807, 2.05) is 25.6 Å². The zero-order valence-corrected chi connectivity index (χ0v) is 13.9. The van der Waals surface area contributed by atoms with Gasteiger partial charge in [-0.2, -0.15) is 11.8 Å². The van der Waals surface area contributed by atoms with E-state index in [1.165, 1.54) is 44.3 Å². The largest absolute Gasteiger partial charge is 0.468 e. The molecule has 0 saturated carbocycles. The first-order valence-corrected chi connectivity index (χ1v) is 8.67. The molecule has 0 rings (SSSR count). The average Bonchev–Trinajstić information content (AvgIpc) is 2.41. The number of hydrogen-bond donors (Lipinski definition) is 1. The van der Waals surface area contributed by atoms with Crippen LogP contribution in [0.1, 0.15) is 59.3 Å². The summed E-state index contributed by atoms with van der Waals surface area (Å²) in [7, 11) is 1.46.